The number of piperidine rings is 1. The van der Waals surface area contributed by atoms with Crippen LogP contribution in [0, 0.1) is 6.92 Å². The zero-order valence-electron chi connectivity index (χ0n) is 20.7. The predicted molar refractivity (Wildman–Crippen MR) is 132 cm³/mol. The van der Waals surface area contributed by atoms with Crippen molar-refractivity contribution in [2.24, 2.45) is 0 Å². The normalized spacial score (nSPS) is 15.3. The van der Waals surface area contributed by atoms with Gasteiger partial charge in [0.05, 0.1) is 5.69 Å². The van der Waals surface area contributed by atoms with E-state index in [1.54, 1.807) is 16.2 Å². The van der Waals surface area contributed by atoms with Crippen LogP contribution in [0.1, 0.15) is 71.6 Å². The molecular weight excluding hydrogens is 438 g/mol. The molecule has 1 N–H and O–H groups in total. The maximum Gasteiger partial charge on any atom is 0.412 e. The zero-order chi connectivity index (χ0) is 24.4. The number of likely N-dealkylation sites (tertiary alicyclic amines) is 1. The number of carbonyl (C=O) groups excluding carboxylic acids is 2. The van der Waals surface area contributed by atoms with Crippen LogP contribution in [-0.4, -0.2) is 46.4 Å². The van der Waals surface area contributed by atoms with Crippen LogP contribution in [0.4, 0.5) is 15.3 Å². The Morgan fingerprint density at radius 3 is 2.27 bits per heavy atom. The van der Waals surface area contributed by atoms with Crippen LogP contribution < -0.4 is 5.32 Å². The van der Waals surface area contributed by atoms with Gasteiger partial charge in [0.2, 0.25) is 0 Å². The number of carbonyl (C=O) groups is 2. The fourth-order valence-corrected chi connectivity index (χ4v) is 4.68. The molecule has 8 heteroatoms. The van der Waals surface area contributed by atoms with Gasteiger partial charge in [0.1, 0.15) is 16.2 Å². The lowest BCUT2D eigenvalue weighted by molar-refractivity contribution is 0.0204. The minimum Gasteiger partial charge on any atom is -0.444 e. The summed E-state index contributed by atoms with van der Waals surface area (Å²) in [5.41, 5.74) is 2.83. The molecule has 1 aromatic heterocycles. The summed E-state index contributed by atoms with van der Waals surface area (Å²) < 4.78 is 10.8. The number of nitrogens with zero attached hydrogens (tertiary/aromatic N) is 2. The lowest BCUT2D eigenvalue weighted by Crippen LogP contribution is -2.41. The molecule has 0 unspecified atom stereocenters. The molecule has 1 aliphatic rings. The molecule has 3 rings (SSSR count). The molecule has 0 atom stereocenters. The average molecular weight is 474 g/mol. The van der Waals surface area contributed by atoms with E-state index in [9.17, 15) is 9.59 Å². The average Bonchev–Trinajstić information content (AvgIpc) is 3.15. The van der Waals surface area contributed by atoms with Crippen LogP contribution in [0.25, 0.3) is 10.6 Å². The summed E-state index contributed by atoms with van der Waals surface area (Å²) in [6.07, 6.45) is 1.04. The summed E-state index contributed by atoms with van der Waals surface area (Å²) in [5, 5.41) is 5.86. The second-order valence-corrected chi connectivity index (χ2v) is 11.3. The van der Waals surface area contributed by atoms with Crippen molar-refractivity contribution >= 4 is 29.2 Å². The van der Waals surface area contributed by atoms with Crippen LogP contribution in [-0.2, 0) is 9.47 Å². The Morgan fingerprint density at radius 1 is 1.06 bits per heavy atom. The SMILES string of the molecule is Cc1cc(NC(=O)OC(C)(C)C)ccc1-c1nc(C2CCN(C(=O)OC(C)(C)C)CC2)cs1. The molecule has 1 fully saturated rings. The Hall–Kier alpha value is -2.61. The summed E-state index contributed by atoms with van der Waals surface area (Å²) in [5.74, 6) is 0.335. The first kappa shape index (κ1) is 25.0. The van der Waals surface area contributed by atoms with E-state index in [2.05, 4.69) is 10.7 Å². The summed E-state index contributed by atoms with van der Waals surface area (Å²) in [4.78, 5) is 31.0. The maximum atomic E-state index is 12.3. The van der Waals surface area contributed by atoms with Crippen LogP contribution in [0.15, 0.2) is 23.6 Å². The Balaban J connectivity index is 1.61. The maximum absolute atomic E-state index is 12.3. The molecule has 0 spiro atoms. The third-order valence-corrected chi connectivity index (χ3v) is 6.08. The number of benzene rings is 1. The highest BCUT2D eigenvalue weighted by atomic mass is 32.1. The predicted octanol–water partition coefficient (Wildman–Crippen LogP) is 6.58. The smallest absolute Gasteiger partial charge is 0.412 e. The van der Waals surface area contributed by atoms with Gasteiger partial charge in [-0.15, -0.1) is 11.3 Å². The minimum absolute atomic E-state index is 0.240. The first-order valence-corrected chi connectivity index (χ1v) is 12.2. The van der Waals surface area contributed by atoms with E-state index in [1.807, 2.05) is 66.7 Å². The first-order valence-electron chi connectivity index (χ1n) is 11.3. The third-order valence-electron chi connectivity index (χ3n) is 5.19. The fourth-order valence-electron chi connectivity index (χ4n) is 3.68. The van der Waals surface area contributed by atoms with E-state index in [1.165, 1.54) is 0 Å². The van der Waals surface area contributed by atoms with E-state index in [0.717, 1.165) is 34.7 Å². The lowest BCUT2D eigenvalue weighted by Gasteiger charge is -2.32. The molecule has 180 valence electrons. The van der Waals surface area contributed by atoms with Crippen molar-refractivity contribution in [2.75, 3.05) is 18.4 Å². The van der Waals surface area contributed by atoms with Crippen molar-refractivity contribution < 1.29 is 19.1 Å². The van der Waals surface area contributed by atoms with Gasteiger partial charge in [-0.1, -0.05) is 0 Å². The summed E-state index contributed by atoms with van der Waals surface area (Å²) in [6, 6.07) is 5.78. The molecule has 2 heterocycles. The fraction of sp³-hybridized carbons (Fsp3) is 0.560. The van der Waals surface area contributed by atoms with E-state index in [-0.39, 0.29) is 6.09 Å². The van der Waals surface area contributed by atoms with Gasteiger partial charge in [0.25, 0.3) is 0 Å². The topological polar surface area (TPSA) is 80.8 Å². The molecule has 7 nitrogen and oxygen atoms in total. The molecule has 0 aliphatic carbocycles. The number of ether oxygens (including phenoxy) is 2. The van der Waals surface area contributed by atoms with Crippen molar-refractivity contribution in [2.45, 2.75) is 78.4 Å². The van der Waals surface area contributed by atoms with Gasteiger partial charge >= 0.3 is 12.2 Å². The largest absolute Gasteiger partial charge is 0.444 e. The second kappa shape index (κ2) is 9.71. The molecule has 0 bridgehead atoms. The summed E-state index contributed by atoms with van der Waals surface area (Å²) in [6.45, 7) is 14.5. The van der Waals surface area contributed by atoms with Crippen LogP contribution >= 0.6 is 11.3 Å². The van der Waals surface area contributed by atoms with E-state index in [0.29, 0.717) is 24.7 Å². The highest BCUT2D eigenvalue weighted by Gasteiger charge is 2.28. The quantitative estimate of drug-likeness (QED) is 0.544. The molecule has 1 aliphatic heterocycles. The van der Waals surface area contributed by atoms with Gasteiger partial charge in [-0.3, -0.25) is 5.32 Å². The Morgan fingerprint density at radius 2 is 1.70 bits per heavy atom. The second-order valence-electron chi connectivity index (χ2n) is 10.5. The van der Waals surface area contributed by atoms with Crippen molar-refractivity contribution in [1.29, 1.82) is 0 Å². The number of amides is 2. The first-order chi connectivity index (χ1) is 15.3. The van der Waals surface area contributed by atoms with Crippen molar-refractivity contribution in [1.82, 2.24) is 9.88 Å². The van der Waals surface area contributed by atoms with Crippen molar-refractivity contribution in [3.8, 4) is 10.6 Å². The summed E-state index contributed by atoms with van der Waals surface area (Å²) >= 11 is 1.62. The number of nitrogens with one attached hydrogen (secondary N) is 1. The monoisotopic (exact) mass is 473 g/mol. The van der Waals surface area contributed by atoms with Gasteiger partial charge in [-0.2, -0.15) is 0 Å². The zero-order valence-corrected chi connectivity index (χ0v) is 21.5. The molecule has 2 aromatic rings. The lowest BCUT2D eigenvalue weighted by atomic mass is 9.94. The van der Waals surface area contributed by atoms with Gasteiger partial charge in [0, 0.05) is 35.6 Å². The van der Waals surface area contributed by atoms with E-state index in [4.69, 9.17) is 14.5 Å². The van der Waals surface area contributed by atoms with Gasteiger partial charge in [-0.25, -0.2) is 14.6 Å². The molecule has 33 heavy (non-hydrogen) atoms. The number of thiazole rings is 1. The van der Waals surface area contributed by atoms with Crippen molar-refractivity contribution in [3.05, 3.63) is 34.8 Å². The number of aryl methyl sites for hydroxylation is 1. The number of hydrogen-bond acceptors (Lipinski definition) is 6. The molecule has 0 saturated carbocycles. The molecule has 1 aromatic carbocycles. The molecular formula is C25H35N3O4S. The van der Waals surface area contributed by atoms with Gasteiger partial charge in [0.15, 0.2) is 0 Å². The van der Waals surface area contributed by atoms with E-state index >= 15 is 0 Å². The highest BCUT2D eigenvalue weighted by Crippen LogP contribution is 2.34. The van der Waals surface area contributed by atoms with Crippen LogP contribution in [0.2, 0.25) is 0 Å². The number of aromatic nitrogens is 1. The number of hydrogen-bond donors (Lipinski definition) is 1. The van der Waals surface area contributed by atoms with E-state index < -0.39 is 17.3 Å². The van der Waals surface area contributed by atoms with Crippen LogP contribution in [0.5, 0.6) is 0 Å². The molecule has 0 radical (unpaired) electrons. The van der Waals surface area contributed by atoms with Gasteiger partial charge in [-0.05, 0) is 85.1 Å². The van der Waals surface area contributed by atoms with Crippen LogP contribution in [0.3, 0.4) is 0 Å². The Bertz CT molecular complexity index is 996. The van der Waals surface area contributed by atoms with Gasteiger partial charge < -0.3 is 14.4 Å². The minimum atomic E-state index is -0.542. The Kier molecular flexibility index (Phi) is 7.36. The number of rotatable bonds is 3. The third kappa shape index (κ3) is 7.19. The molecule has 1 saturated heterocycles. The molecule has 2 amide bonds. The number of anilines is 1. The standard InChI is InChI=1S/C25H35N3O4S/c1-16-14-18(26-22(29)31-24(2,3)4)8-9-19(16)21-27-20(15-33-21)17-10-12-28(13-11-17)23(30)32-25(5,6)7/h8-9,14-15,17H,10-13H2,1-7H3,(H,26,29). The highest BCUT2D eigenvalue weighted by molar-refractivity contribution is 7.13. The Labute approximate surface area is 200 Å². The van der Waals surface area contributed by atoms with Crippen molar-refractivity contribution in [3.63, 3.8) is 0 Å². The summed E-state index contributed by atoms with van der Waals surface area (Å²) in [7, 11) is 0.